The maximum absolute atomic E-state index is 13.7. The number of fused-ring (bicyclic) bond motifs is 1. The molecule has 2 N–H and O–H groups in total. The Morgan fingerprint density at radius 3 is 3.07 bits per heavy atom. The van der Waals surface area contributed by atoms with E-state index in [1.54, 1.807) is 6.07 Å². The highest BCUT2D eigenvalue weighted by Gasteiger charge is 2.20. The molecule has 0 saturated heterocycles. The lowest BCUT2D eigenvalue weighted by atomic mass is 10.0. The first-order chi connectivity index (χ1) is 7.18. The van der Waals surface area contributed by atoms with Crippen LogP contribution in [0.25, 0.3) is 0 Å². The Hall–Kier alpha value is -1.09. The Morgan fingerprint density at radius 1 is 1.53 bits per heavy atom. The fourth-order valence-electron chi connectivity index (χ4n) is 2.22. The molecule has 1 atom stereocenters. The van der Waals surface area contributed by atoms with Gasteiger partial charge in [-0.2, -0.15) is 0 Å². The summed E-state index contributed by atoms with van der Waals surface area (Å²) in [5, 5.41) is 0. The summed E-state index contributed by atoms with van der Waals surface area (Å²) in [5.41, 5.74) is 7.64. The maximum atomic E-state index is 13.7. The van der Waals surface area contributed by atoms with E-state index in [-0.39, 0.29) is 11.9 Å². The van der Waals surface area contributed by atoms with Crippen LogP contribution in [0, 0.1) is 5.82 Å². The number of para-hydroxylation sites is 1. The third-order valence-corrected chi connectivity index (χ3v) is 2.77. The average molecular weight is 208 g/mol. The molecule has 2 rings (SSSR count). The molecule has 0 spiro atoms. The van der Waals surface area contributed by atoms with Gasteiger partial charge in [-0.3, -0.25) is 0 Å². The van der Waals surface area contributed by atoms with Gasteiger partial charge >= 0.3 is 0 Å². The third kappa shape index (κ3) is 2.12. The highest BCUT2D eigenvalue weighted by molar-refractivity contribution is 5.56. The van der Waals surface area contributed by atoms with Gasteiger partial charge in [0.15, 0.2) is 0 Å². The molecule has 1 aliphatic rings. The van der Waals surface area contributed by atoms with Gasteiger partial charge in [-0.1, -0.05) is 12.1 Å². The first kappa shape index (κ1) is 10.4. The summed E-state index contributed by atoms with van der Waals surface area (Å²) < 4.78 is 13.7. The summed E-state index contributed by atoms with van der Waals surface area (Å²) in [6.07, 6.45) is 2.06. The van der Waals surface area contributed by atoms with E-state index in [9.17, 15) is 4.39 Å². The number of halogens is 1. The van der Waals surface area contributed by atoms with Gasteiger partial charge in [0.05, 0.1) is 5.69 Å². The van der Waals surface area contributed by atoms with E-state index in [0.717, 1.165) is 37.2 Å². The van der Waals surface area contributed by atoms with Crippen molar-refractivity contribution in [2.75, 3.05) is 18.0 Å². The van der Waals surface area contributed by atoms with Crippen LogP contribution in [0.1, 0.15) is 18.9 Å². The van der Waals surface area contributed by atoms with E-state index in [0.29, 0.717) is 0 Å². The Bertz CT molecular complexity index is 349. The highest BCUT2D eigenvalue weighted by Crippen LogP contribution is 2.29. The number of benzene rings is 1. The summed E-state index contributed by atoms with van der Waals surface area (Å²) in [5.74, 6) is -0.118. The van der Waals surface area contributed by atoms with E-state index in [1.807, 2.05) is 13.0 Å². The van der Waals surface area contributed by atoms with Crippen LogP contribution in [0.15, 0.2) is 18.2 Å². The first-order valence-corrected chi connectivity index (χ1v) is 5.46. The number of nitrogens with two attached hydrogens (primary N) is 1. The number of anilines is 1. The highest BCUT2D eigenvalue weighted by atomic mass is 19.1. The lowest BCUT2D eigenvalue weighted by Gasteiger charge is -2.32. The van der Waals surface area contributed by atoms with Crippen molar-refractivity contribution in [1.82, 2.24) is 0 Å². The van der Waals surface area contributed by atoms with Crippen molar-refractivity contribution in [3.8, 4) is 0 Å². The minimum atomic E-state index is -0.118. The van der Waals surface area contributed by atoms with Gasteiger partial charge in [0.25, 0.3) is 0 Å². The molecule has 1 aromatic rings. The quantitative estimate of drug-likeness (QED) is 0.804. The van der Waals surface area contributed by atoms with Crippen molar-refractivity contribution in [3.05, 3.63) is 29.6 Å². The summed E-state index contributed by atoms with van der Waals surface area (Å²) >= 11 is 0. The molecule has 0 bridgehead atoms. The van der Waals surface area contributed by atoms with E-state index < -0.39 is 0 Å². The van der Waals surface area contributed by atoms with E-state index in [4.69, 9.17) is 5.73 Å². The number of rotatable bonds is 2. The van der Waals surface area contributed by atoms with Gasteiger partial charge < -0.3 is 10.6 Å². The third-order valence-electron chi connectivity index (χ3n) is 2.77. The summed E-state index contributed by atoms with van der Waals surface area (Å²) in [4.78, 5) is 2.07. The van der Waals surface area contributed by atoms with Crippen LogP contribution in [0.3, 0.4) is 0 Å². The van der Waals surface area contributed by atoms with Gasteiger partial charge in [0, 0.05) is 19.1 Å². The van der Waals surface area contributed by atoms with E-state index >= 15 is 0 Å². The molecule has 0 fully saturated rings. The second kappa shape index (κ2) is 4.19. The first-order valence-electron chi connectivity index (χ1n) is 5.46. The van der Waals surface area contributed by atoms with Crippen LogP contribution in [-0.2, 0) is 6.42 Å². The molecule has 3 heteroatoms. The van der Waals surface area contributed by atoms with Crippen molar-refractivity contribution in [2.45, 2.75) is 25.8 Å². The zero-order valence-corrected chi connectivity index (χ0v) is 9.04. The molecule has 2 nitrogen and oxygen atoms in total. The van der Waals surface area contributed by atoms with Crippen LogP contribution in [-0.4, -0.2) is 19.1 Å². The second-order valence-electron chi connectivity index (χ2n) is 4.27. The SMILES string of the molecule is CC(N)CN1CCCc2cccc(F)c21. The number of hydrogen-bond acceptors (Lipinski definition) is 2. The van der Waals surface area contributed by atoms with Crippen molar-refractivity contribution in [1.29, 1.82) is 0 Å². The van der Waals surface area contributed by atoms with Crippen LogP contribution in [0.2, 0.25) is 0 Å². The van der Waals surface area contributed by atoms with Gasteiger partial charge in [-0.15, -0.1) is 0 Å². The zero-order chi connectivity index (χ0) is 10.8. The minimum absolute atomic E-state index is 0.0792. The maximum Gasteiger partial charge on any atom is 0.146 e. The summed E-state index contributed by atoms with van der Waals surface area (Å²) in [7, 11) is 0. The molecular weight excluding hydrogens is 191 g/mol. The predicted octanol–water partition coefficient (Wildman–Crippen LogP) is 1.93. The number of hydrogen-bond donors (Lipinski definition) is 1. The smallest absolute Gasteiger partial charge is 0.146 e. The number of aryl methyl sites for hydroxylation is 1. The molecule has 0 aromatic heterocycles. The molecule has 0 saturated carbocycles. The monoisotopic (exact) mass is 208 g/mol. The van der Waals surface area contributed by atoms with Crippen molar-refractivity contribution >= 4 is 5.69 Å². The average Bonchev–Trinajstić information content (AvgIpc) is 2.17. The fraction of sp³-hybridized carbons (Fsp3) is 0.500. The van der Waals surface area contributed by atoms with E-state index in [2.05, 4.69) is 4.90 Å². The minimum Gasteiger partial charge on any atom is -0.367 e. The van der Waals surface area contributed by atoms with Gasteiger partial charge in [-0.25, -0.2) is 4.39 Å². The largest absolute Gasteiger partial charge is 0.367 e. The molecule has 1 aromatic carbocycles. The standard InChI is InChI=1S/C12H17FN2/c1-9(14)8-15-7-3-5-10-4-2-6-11(13)12(10)15/h2,4,6,9H,3,5,7-8,14H2,1H3. The molecule has 0 aliphatic carbocycles. The fourth-order valence-corrected chi connectivity index (χ4v) is 2.22. The molecule has 1 aliphatic heterocycles. The Morgan fingerprint density at radius 2 is 2.33 bits per heavy atom. The van der Waals surface area contributed by atoms with Gasteiger partial charge in [-0.05, 0) is 31.4 Å². The van der Waals surface area contributed by atoms with Gasteiger partial charge in [0.1, 0.15) is 5.82 Å². The molecule has 0 radical (unpaired) electrons. The predicted molar refractivity (Wildman–Crippen MR) is 60.6 cm³/mol. The van der Waals surface area contributed by atoms with Crippen LogP contribution < -0.4 is 10.6 Å². The van der Waals surface area contributed by atoms with Crippen molar-refractivity contribution in [2.24, 2.45) is 5.73 Å². The van der Waals surface area contributed by atoms with Crippen LogP contribution in [0.4, 0.5) is 10.1 Å². The summed E-state index contributed by atoms with van der Waals surface area (Å²) in [6, 6.07) is 5.39. The van der Waals surface area contributed by atoms with E-state index in [1.165, 1.54) is 6.07 Å². The molecular formula is C12H17FN2. The van der Waals surface area contributed by atoms with Crippen LogP contribution in [0.5, 0.6) is 0 Å². The second-order valence-corrected chi connectivity index (χ2v) is 4.27. The molecule has 1 heterocycles. The normalized spacial score (nSPS) is 17.4. The van der Waals surface area contributed by atoms with Crippen molar-refractivity contribution in [3.63, 3.8) is 0 Å². The lowest BCUT2D eigenvalue weighted by Crippen LogP contribution is -2.39. The molecule has 82 valence electrons. The Kier molecular flexibility index (Phi) is 2.91. The molecule has 15 heavy (non-hydrogen) atoms. The summed E-state index contributed by atoms with van der Waals surface area (Å²) in [6.45, 7) is 3.60. The molecule has 1 unspecified atom stereocenters. The Labute approximate surface area is 89.9 Å². The van der Waals surface area contributed by atoms with Crippen molar-refractivity contribution < 1.29 is 4.39 Å². The number of nitrogens with zero attached hydrogens (tertiary/aromatic N) is 1. The lowest BCUT2D eigenvalue weighted by molar-refractivity contribution is 0.580. The Balaban J connectivity index is 2.32. The van der Waals surface area contributed by atoms with Gasteiger partial charge in [0.2, 0.25) is 0 Å². The molecule has 0 amide bonds. The van der Waals surface area contributed by atoms with Crippen LogP contribution >= 0.6 is 0 Å². The topological polar surface area (TPSA) is 29.3 Å². The zero-order valence-electron chi connectivity index (χ0n) is 9.04.